The van der Waals surface area contributed by atoms with E-state index in [2.05, 4.69) is 39.3 Å². The van der Waals surface area contributed by atoms with E-state index in [1.807, 2.05) is 29.8 Å². The van der Waals surface area contributed by atoms with Crippen LogP contribution in [-0.2, 0) is 6.54 Å². The van der Waals surface area contributed by atoms with Gasteiger partial charge in [-0.25, -0.2) is 0 Å². The number of thiocarbonyl (C=S) groups is 1. The van der Waals surface area contributed by atoms with E-state index in [0.29, 0.717) is 4.99 Å². The van der Waals surface area contributed by atoms with Crippen LogP contribution in [0, 0.1) is 13.8 Å². The number of benzene rings is 1. The number of nitrogens with one attached hydrogen (secondary N) is 1. The Balaban J connectivity index is 1.93. The lowest BCUT2D eigenvalue weighted by molar-refractivity contribution is 0.574. The lowest BCUT2D eigenvalue weighted by atomic mass is 10.1. The third kappa shape index (κ3) is 4.28. The third-order valence-corrected chi connectivity index (χ3v) is 3.93. The van der Waals surface area contributed by atoms with Crippen LogP contribution >= 0.6 is 28.1 Å². The van der Waals surface area contributed by atoms with Crippen molar-refractivity contribution in [2.45, 2.75) is 26.8 Å². The Hall–Kier alpha value is -1.40. The number of hydrogen-bond acceptors (Lipinski definition) is 3. The summed E-state index contributed by atoms with van der Waals surface area (Å²) in [6, 6.07) is 7.95. The molecule has 4 nitrogen and oxygen atoms in total. The molecule has 0 saturated heterocycles. The predicted octanol–water partition coefficient (Wildman–Crippen LogP) is 3.40. The van der Waals surface area contributed by atoms with E-state index < -0.39 is 0 Å². The zero-order valence-corrected chi connectivity index (χ0v) is 14.6. The molecular weight excluding hydrogens is 348 g/mol. The number of hydrogen-bond donors (Lipinski definition) is 2. The Kier molecular flexibility index (Phi) is 5.36. The van der Waals surface area contributed by atoms with Crippen molar-refractivity contribution in [1.82, 2.24) is 9.78 Å². The summed E-state index contributed by atoms with van der Waals surface area (Å²) < 4.78 is 3.04. The molecule has 0 spiro atoms. The molecule has 2 aromatic rings. The molecule has 21 heavy (non-hydrogen) atoms. The highest BCUT2D eigenvalue weighted by atomic mass is 79.9. The van der Waals surface area contributed by atoms with Crippen molar-refractivity contribution < 1.29 is 0 Å². The van der Waals surface area contributed by atoms with E-state index in [1.54, 1.807) is 0 Å². The third-order valence-electron chi connectivity index (χ3n) is 3.21. The van der Waals surface area contributed by atoms with Gasteiger partial charge in [0, 0.05) is 34.5 Å². The summed E-state index contributed by atoms with van der Waals surface area (Å²) in [5.74, 6) is 0. The summed E-state index contributed by atoms with van der Waals surface area (Å²) in [6.45, 7) is 5.82. The summed E-state index contributed by atoms with van der Waals surface area (Å²) in [7, 11) is 0. The van der Waals surface area contributed by atoms with Crippen LogP contribution in [0.1, 0.15) is 23.4 Å². The first-order chi connectivity index (χ1) is 9.97. The molecule has 0 radical (unpaired) electrons. The van der Waals surface area contributed by atoms with Crippen molar-refractivity contribution in [1.29, 1.82) is 0 Å². The largest absolute Gasteiger partial charge is 0.389 e. The van der Waals surface area contributed by atoms with Gasteiger partial charge in [-0.15, -0.1) is 0 Å². The van der Waals surface area contributed by atoms with Crippen molar-refractivity contribution in [3.05, 3.63) is 45.7 Å². The summed E-state index contributed by atoms with van der Waals surface area (Å²) in [4.78, 5) is 0.406. The monoisotopic (exact) mass is 366 g/mol. The van der Waals surface area contributed by atoms with Crippen LogP contribution in [0.25, 0.3) is 0 Å². The summed E-state index contributed by atoms with van der Waals surface area (Å²) in [6.07, 6.45) is 0.977. The molecule has 0 aliphatic carbocycles. The molecule has 1 aromatic heterocycles. The molecule has 0 atom stereocenters. The number of anilines is 1. The summed E-state index contributed by atoms with van der Waals surface area (Å²) in [5.41, 5.74) is 9.83. The standard InChI is InChI=1S/C15H19BrN4S/c1-10-8-11(2)20(19-10)7-3-6-18-14-9-12(16)4-5-13(14)15(17)21/h4-5,8-9,18H,3,6-7H2,1-2H3,(H2,17,21). The number of aromatic nitrogens is 2. The summed E-state index contributed by atoms with van der Waals surface area (Å²) >= 11 is 8.54. The molecule has 0 aliphatic rings. The van der Waals surface area contributed by atoms with Gasteiger partial charge >= 0.3 is 0 Å². The Morgan fingerprint density at radius 3 is 2.76 bits per heavy atom. The molecule has 2 rings (SSSR count). The molecule has 3 N–H and O–H groups in total. The molecule has 1 aromatic carbocycles. The van der Waals surface area contributed by atoms with E-state index in [1.165, 1.54) is 5.69 Å². The van der Waals surface area contributed by atoms with E-state index >= 15 is 0 Å². The number of rotatable bonds is 6. The van der Waals surface area contributed by atoms with E-state index in [9.17, 15) is 0 Å². The van der Waals surface area contributed by atoms with Gasteiger partial charge in [0.2, 0.25) is 0 Å². The predicted molar refractivity (Wildman–Crippen MR) is 94.8 cm³/mol. The number of halogens is 1. The van der Waals surface area contributed by atoms with Crippen LogP contribution in [-0.4, -0.2) is 21.3 Å². The fourth-order valence-corrected chi connectivity index (χ4v) is 2.77. The van der Waals surface area contributed by atoms with Gasteiger partial charge in [0.15, 0.2) is 0 Å². The van der Waals surface area contributed by atoms with Crippen molar-refractivity contribution in [3.63, 3.8) is 0 Å². The van der Waals surface area contributed by atoms with Gasteiger partial charge < -0.3 is 11.1 Å². The average Bonchev–Trinajstić information content (AvgIpc) is 2.73. The molecule has 1 heterocycles. The molecule has 6 heteroatoms. The lowest BCUT2D eigenvalue weighted by Gasteiger charge is -2.12. The van der Waals surface area contributed by atoms with Crippen LogP contribution in [0.4, 0.5) is 5.69 Å². The van der Waals surface area contributed by atoms with Crippen LogP contribution < -0.4 is 11.1 Å². The van der Waals surface area contributed by atoms with Crippen LogP contribution in [0.15, 0.2) is 28.7 Å². The minimum absolute atomic E-state index is 0.406. The van der Waals surface area contributed by atoms with E-state index in [4.69, 9.17) is 18.0 Å². The first-order valence-electron chi connectivity index (χ1n) is 6.81. The number of nitrogens with zero attached hydrogens (tertiary/aromatic N) is 2. The Morgan fingerprint density at radius 2 is 2.14 bits per heavy atom. The van der Waals surface area contributed by atoms with Crippen LogP contribution in [0.2, 0.25) is 0 Å². The number of aryl methyl sites for hydroxylation is 3. The minimum Gasteiger partial charge on any atom is -0.389 e. The molecule has 0 fully saturated rings. The topological polar surface area (TPSA) is 55.9 Å². The molecule has 0 bridgehead atoms. The Morgan fingerprint density at radius 1 is 1.38 bits per heavy atom. The van der Waals surface area contributed by atoms with Gasteiger partial charge in [-0.1, -0.05) is 28.1 Å². The molecule has 0 saturated carbocycles. The zero-order valence-electron chi connectivity index (χ0n) is 12.2. The lowest BCUT2D eigenvalue weighted by Crippen LogP contribution is -2.15. The number of nitrogens with two attached hydrogens (primary N) is 1. The maximum Gasteiger partial charge on any atom is 0.106 e. The molecule has 0 unspecified atom stereocenters. The van der Waals surface area contributed by atoms with E-state index in [0.717, 1.165) is 40.9 Å². The molecule has 112 valence electrons. The maximum absolute atomic E-state index is 5.74. The van der Waals surface area contributed by atoms with Crippen LogP contribution in [0.3, 0.4) is 0 Å². The second-order valence-electron chi connectivity index (χ2n) is 4.98. The first-order valence-corrected chi connectivity index (χ1v) is 8.02. The molecular formula is C15H19BrN4S. The van der Waals surface area contributed by atoms with Crippen molar-refractivity contribution in [3.8, 4) is 0 Å². The SMILES string of the molecule is Cc1cc(C)n(CCCNc2cc(Br)ccc2C(N)=S)n1. The second-order valence-corrected chi connectivity index (χ2v) is 6.34. The second kappa shape index (κ2) is 7.04. The van der Waals surface area contributed by atoms with Gasteiger partial charge in [-0.05, 0) is 44.5 Å². The first kappa shape index (κ1) is 16.0. The highest BCUT2D eigenvalue weighted by Gasteiger charge is 2.06. The maximum atomic E-state index is 5.74. The zero-order chi connectivity index (χ0) is 15.4. The fourth-order valence-electron chi connectivity index (χ4n) is 2.23. The quantitative estimate of drug-likeness (QED) is 0.607. The van der Waals surface area contributed by atoms with Crippen molar-refractivity contribution in [2.24, 2.45) is 5.73 Å². The van der Waals surface area contributed by atoms with E-state index in [-0.39, 0.29) is 0 Å². The Bertz CT molecular complexity index is 651. The normalized spacial score (nSPS) is 10.6. The van der Waals surface area contributed by atoms with Crippen molar-refractivity contribution in [2.75, 3.05) is 11.9 Å². The molecule has 0 amide bonds. The van der Waals surface area contributed by atoms with Crippen molar-refractivity contribution >= 4 is 38.8 Å². The molecule has 0 aliphatic heterocycles. The minimum atomic E-state index is 0.406. The van der Waals surface area contributed by atoms with Gasteiger partial charge in [0.05, 0.1) is 5.69 Å². The highest BCUT2D eigenvalue weighted by molar-refractivity contribution is 9.10. The van der Waals surface area contributed by atoms with Gasteiger partial charge in [-0.2, -0.15) is 5.10 Å². The smallest absolute Gasteiger partial charge is 0.106 e. The van der Waals surface area contributed by atoms with Gasteiger partial charge in [0.1, 0.15) is 4.99 Å². The highest BCUT2D eigenvalue weighted by Crippen LogP contribution is 2.21. The Labute approximate surface area is 138 Å². The van der Waals surface area contributed by atoms with Gasteiger partial charge in [-0.3, -0.25) is 4.68 Å². The summed E-state index contributed by atoms with van der Waals surface area (Å²) in [5, 5.41) is 7.85. The van der Waals surface area contributed by atoms with Crippen LogP contribution in [0.5, 0.6) is 0 Å². The fraction of sp³-hybridized carbons (Fsp3) is 0.333. The van der Waals surface area contributed by atoms with Gasteiger partial charge in [0.25, 0.3) is 0 Å². The average molecular weight is 367 g/mol.